The van der Waals surface area contributed by atoms with E-state index in [1.165, 1.54) is 24.3 Å². The fourth-order valence-electron chi connectivity index (χ4n) is 1.46. The molecule has 0 spiro atoms. The van der Waals surface area contributed by atoms with Crippen molar-refractivity contribution in [1.82, 2.24) is 9.13 Å². The van der Waals surface area contributed by atoms with Crippen LogP contribution < -0.4 is 0 Å². The van der Waals surface area contributed by atoms with E-state index in [0.29, 0.717) is 0 Å². The van der Waals surface area contributed by atoms with Gasteiger partial charge in [-0.3, -0.25) is 0 Å². The zero-order valence-corrected chi connectivity index (χ0v) is 8.20. The quantitative estimate of drug-likeness (QED) is 0.607. The van der Waals surface area contributed by atoms with Gasteiger partial charge in [-0.25, -0.2) is 9.13 Å². The first-order valence-corrected chi connectivity index (χ1v) is 4.41. The molecule has 4 N–H and O–H groups in total. The molecule has 0 saturated heterocycles. The summed E-state index contributed by atoms with van der Waals surface area (Å²) in [7, 11) is 0. The maximum Gasteiger partial charge on any atom is 0.199 e. The molecule has 0 aliphatic carbocycles. The smallest absolute Gasteiger partial charge is 0.199 e. The largest absolute Gasteiger partial charge is 0.494 e. The van der Waals surface area contributed by atoms with Gasteiger partial charge in [0.05, 0.1) is 0 Å². The van der Waals surface area contributed by atoms with Gasteiger partial charge in [-0.05, 0) is 0 Å². The number of hydrogen-bond acceptors (Lipinski definition) is 4. The molecule has 0 amide bonds. The molecule has 0 radical (unpaired) electrons. The lowest BCUT2D eigenvalue weighted by Gasteiger charge is -2.13. The highest BCUT2D eigenvalue weighted by molar-refractivity contribution is 5.33. The van der Waals surface area contributed by atoms with Crippen LogP contribution in [0, 0.1) is 5.82 Å². The third-order valence-corrected chi connectivity index (χ3v) is 2.20. The molecular formula is C10H10N2O4. The summed E-state index contributed by atoms with van der Waals surface area (Å²) >= 11 is 0. The van der Waals surface area contributed by atoms with Crippen LogP contribution >= 0.6 is 0 Å². The first kappa shape index (κ1) is 10.0. The standard InChI is InChI=1S/C10H10N2O4/c1-6(11-7(13)2-3-8(11)14)12-9(15)4-5-10(12)16/h2-5,13-16H,1H2. The Balaban J connectivity index is 2.56. The summed E-state index contributed by atoms with van der Waals surface area (Å²) in [5.41, 5.74) is 0. The first-order chi connectivity index (χ1) is 7.52. The molecule has 0 aromatic carbocycles. The maximum atomic E-state index is 9.45. The Hall–Kier alpha value is -2.50. The van der Waals surface area contributed by atoms with Crippen LogP contribution in [0.4, 0.5) is 0 Å². The van der Waals surface area contributed by atoms with Gasteiger partial charge in [0.15, 0.2) is 23.5 Å². The molecular weight excluding hydrogens is 212 g/mol. The average molecular weight is 222 g/mol. The molecule has 0 aliphatic rings. The Labute approximate surface area is 90.5 Å². The number of rotatable bonds is 2. The van der Waals surface area contributed by atoms with E-state index in [-0.39, 0.29) is 29.3 Å². The second kappa shape index (κ2) is 3.27. The molecule has 0 unspecified atom stereocenters. The summed E-state index contributed by atoms with van der Waals surface area (Å²) in [6.07, 6.45) is 0. The van der Waals surface area contributed by atoms with Gasteiger partial charge < -0.3 is 20.4 Å². The molecule has 2 aromatic rings. The van der Waals surface area contributed by atoms with Crippen molar-refractivity contribution in [2.45, 2.75) is 0 Å². The van der Waals surface area contributed by atoms with Crippen LogP contribution in [0.15, 0.2) is 30.8 Å². The Bertz CT molecular complexity index is 466. The van der Waals surface area contributed by atoms with Crippen molar-refractivity contribution in [1.29, 1.82) is 0 Å². The van der Waals surface area contributed by atoms with Crippen molar-refractivity contribution in [3.05, 3.63) is 36.7 Å². The van der Waals surface area contributed by atoms with Crippen molar-refractivity contribution >= 4 is 0 Å². The number of aromatic hydroxyl groups is 4. The molecule has 0 fully saturated rings. The maximum absolute atomic E-state index is 9.45. The van der Waals surface area contributed by atoms with Crippen LogP contribution in [0.25, 0.3) is 0 Å². The van der Waals surface area contributed by atoms with Crippen LogP contribution in [-0.4, -0.2) is 29.6 Å². The zero-order valence-electron chi connectivity index (χ0n) is 8.20. The van der Waals surface area contributed by atoms with Crippen LogP contribution in [0.2, 0.25) is 0 Å². The van der Waals surface area contributed by atoms with Gasteiger partial charge in [-0.2, -0.15) is 0 Å². The number of nitrogens with zero attached hydrogens (tertiary/aromatic N) is 2. The highest BCUT2D eigenvalue weighted by atomic mass is 16.3. The van der Waals surface area contributed by atoms with Crippen LogP contribution in [0.3, 0.4) is 0 Å². The van der Waals surface area contributed by atoms with Crippen LogP contribution in [0.1, 0.15) is 0 Å². The summed E-state index contributed by atoms with van der Waals surface area (Å²) in [6, 6.07) is 5.05. The number of aromatic nitrogens is 2. The molecule has 0 aliphatic heterocycles. The van der Waals surface area contributed by atoms with Crippen molar-refractivity contribution in [3.8, 4) is 23.5 Å². The lowest BCUT2D eigenvalue weighted by Crippen LogP contribution is -2.08. The SMILES string of the molecule is C=C(n1c(O)ccc1O)n1c(O)ccc1O. The van der Waals surface area contributed by atoms with E-state index in [1.54, 1.807) is 0 Å². The molecule has 0 saturated carbocycles. The van der Waals surface area contributed by atoms with Gasteiger partial charge in [-0.1, -0.05) is 6.58 Å². The van der Waals surface area contributed by atoms with Gasteiger partial charge in [0.25, 0.3) is 0 Å². The molecule has 0 bridgehead atoms. The molecule has 6 heteroatoms. The van der Waals surface area contributed by atoms with E-state index in [4.69, 9.17) is 0 Å². The average Bonchev–Trinajstić information content (AvgIpc) is 2.71. The predicted molar refractivity (Wildman–Crippen MR) is 55.2 cm³/mol. The molecule has 16 heavy (non-hydrogen) atoms. The number of hydrogen-bond donors (Lipinski definition) is 4. The van der Waals surface area contributed by atoms with Crippen molar-refractivity contribution in [2.75, 3.05) is 0 Å². The molecule has 2 heterocycles. The first-order valence-electron chi connectivity index (χ1n) is 4.41. The molecule has 2 aromatic heterocycles. The third-order valence-electron chi connectivity index (χ3n) is 2.20. The molecule has 84 valence electrons. The second-order valence-corrected chi connectivity index (χ2v) is 3.19. The lowest BCUT2D eigenvalue weighted by molar-refractivity contribution is 0.356. The molecule has 2 rings (SSSR count). The molecule has 0 atom stereocenters. The van der Waals surface area contributed by atoms with Crippen LogP contribution in [0.5, 0.6) is 23.5 Å². The van der Waals surface area contributed by atoms with E-state index < -0.39 is 0 Å². The van der Waals surface area contributed by atoms with Crippen molar-refractivity contribution in [2.24, 2.45) is 0 Å². The third kappa shape index (κ3) is 1.28. The fourth-order valence-corrected chi connectivity index (χ4v) is 1.46. The molecule has 6 nitrogen and oxygen atoms in total. The fraction of sp³-hybridized carbons (Fsp3) is 0. The van der Waals surface area contributed by atoms with E-state index in [2.05, 4.69) is 6.58 Å². The van der Waals surface area contributed by atoms with Gasteiger partial charge >= 0.3 is 0 Å². The Morgan fingerprint density at radius 3 is 1.25 bits per heavy atom. The Kier molecular flexibility index (Phi) is 2.05. The summed E-state index contributed by atoms with van der Waals surface area (Å²) in [6.45, 7) is 3.57. The van der Waals surface area contributed by atoms with Gasteiger partial charge in [0, 0.05) is 24.3 Å². The topological polar surface area (TPSA) is 90.8 Å². The minimum absolute atomic E-state index is 0.000000000000000444. The van der Waals surface area contributed by atoms with E-state index in [9.17, 15) is 20.4 Å². The minimum atomic E-state index is -0.255. The normalized spacial score (nSPS) is 10.5. The van der Waals surface area contributed by atoms with E-state index in [1.807, 2.05) is 0 Å². The Morgan fingerprint density at radius 1 is 0.750 bits per heavy atom. The second-order valence-electron chi connectivity index (χ2n) is 3.19. The van der Waals surface area contributed by atoms with Gasteiger partial charge in [0.1, 0.15) is 5.82 Å². The van der Waals surface area contributed by atoms with Gasteiger partial charge in [0.2, 0.25) is 0 Å². The van der Waals surface area contributed by atoms with Crippen LogP contribution in [-0.2, 0) is 0 Å². The van der Waals surface area contributed by atoms with Crippen molar-refractivity contribution in [3.63, 3.8) is 0 Å². The highest BCUT2D eigenvalue weighted by Crippen LogP contribution is 2.29. The van der Waals surface area contributed by atoms with E-state index >= 15 is 0 Å². The summed E-state index contributed by atoms with van der Waals surface area (Å²) < 4.78 is 1.94. The predicted octanol–water partition coefficient (Wildman–Crippen LogP) is 0.906. The summed E-state index contributed by atoms with van der Waals surface area (Å²) in [4.78, 5) is 0. The van der Waals surface area contributed by atoms with Gasteiger partial charge in [-0.15, -0.1) is 0 Å². The Morgan fingerprint density at radius 2 is 1.00 bits per heavy atom. The van der Waals surface area contributed by atoms with E-state index in [0.717, 1.165) is 9.13 Å². The van der Waals surface area contributed by atoms with Crippen molar-refractivity contribution < 1.29 is 20.4 Å². The lowest BCUT2D eigenvalue weighted by atomic mass is 10.6. The summed E-state index contributed by atoms with van der Waals surface area (Å²) in [5, 5.41) is 37.8. The highest BCUT2D eigenvalue weighted by Gasteiger charge is 2.15. The summed E-state index contributed by atoms with van der Waals surface area (Å²) in [5.74, 6) is -1.02. The zero-order chi connectivity index (χ0) is 11.9. The minimum Gasteiger partial charge on any atom is -0.494 e. The monoisotopic (exact) mass is 222 g/mol.